The van der Waals surface area contributed by atoms with Gasteiger partial charge in [-0.25, -0.2) is 0 Å². The molecule has 0 spiro atoms. The number of ether oxygens (including phenoxy) is 1. The van der Waals surface area contributed by atoms with Gasteiger partial charge in [-0.15, -0.1) is 12.4 Å². The van der Waals surface area contributed by atoms with Gasteiger partial charge in [0.05, 0.1) is 0 Å². The number of benzene rings is 2. The molecule has 1 atom stereocenters. The highest BCUT2D eigenvalue weighted by molar-refractivity contribution is 5.85. The second-order valence-electron chi connectivity index (χ2n) is 6.63. The van der Waals surface area contributed by atoms with Crippen LogP contribution < -0.4 is 4.74 Å². The first-order chi connectivity index (χ1) is 12.2. The second-order valence-corrected chi connectivity index (χ2v) is 6.63. The number of nitrogens with zero attached hydrogens (tertiary/aromatic N) is 1. The van der Waals surface area contributed by atoms with Crippen molar-refractivity contribution in [2.24, 2.45) is 0 Å². The molecule has 5 heteroatoms. The van der Waals surface area contributed by atoms with E-state index in [2.05, 4.69) is 41.3 Å². The van der Waals surface area contributed by atoms with Crippen LogP contribution in [-0.2, 0) is 11.2 Å². The van der Waals surface area contributed by atoms with E-state index in [0.29, 0.717) is 6.42 Å². The summed E-state index contributed by atoms with van der Waals surface area (Å²) in [5.41, 5.74) is 2.59. The molecule has 0 aliphatic carbocycles. The molecule has 0 aromatic heterocycles. The summed E-state index contributed by atoms with van der Waals surface area (Å²) in [7, 11) is 0. The first-order valence-electron chi connectivity index (χ1n) is 8.93. The van der Waals surface area contributed by atoms with Gasteiger partial charge in [0, 0.05) is 19.5 Å². The number of rotatable bonds is 8. The SMILES string of the molecule is Cl.O=C(O)CCCN1CC[C@@H](Oc2ccc(Cc3ccccc3)cc2)C1. The van der Waals surface area contributed by atoms with Gasteiger partial charge >= 0.3 is 5.97 Å². The molecule has 140 valence electrons. The molecule has 1 aliphatic heterocycles. The van der Waals surface area contributed by atoms with Crippen LogP contribution >= 0.6 is 12.4 Å². The third-order valence-electron chi connectivity index (χ3n) is 4.57. The molecule has 0 radical (unpaired) electrons. The van der Waals surface area contributed by atoms with Gasteiger partial charge in [0.25, 0.3) is 0 Å². The van der Waals surface area contributed by atoms with Crippen molar-refractivity contribution in [3.05, 3.63) is 65.7 Å². The van der Waals surface area contributed by atoms with E-state index in [1.807, 2.05) is 18.2 Å². The predicted octanol–water partition coefficient (Wildman–Crippen LogP) is 4.02. The molecule has 1 heterocycles. The first kappa shape index (κ1) is 20.3. The van der Waals surface area contributed by atoms with Gasteiger partial charge in [-0.1, -0.05) is 42.5 Å². The fourth-order valence-corrected chi connectivity index (χ4v) is 3.26. The molecule has 4 nitrogen and oxygen atoms in total. The molecule has 0 bridgehead atoms. The van der Waals surface area contributed by atoms with Crippen LogP contribution in [-0.4, -0.2) is 41.7 Å². The average Bonchev–Trinajstić information content (AvgIpc) is 3.05. The third-order valence-corrected chi connectivity index (χ3v) is 4.57. The lowest BCUT2D eigenvalue weighted by atomic mass is 10.1. The Morgan fingerprint density at radius 2 is 1.77 bits per heavy atom. The van der Waals surface area contributed by atoms with E-state index < -0.39 is 5.97 Å². The average molecular weight is 376 g/mol. The van der Waals surface area contributed by atoms with Crippen LogP contribution in [0, 0.1) is 0 Å². The maximum Gasteiger partial charge on any atom is 0.303 e. The van der Waals surface area contributed by atoms with Crippen LogP contribution in [0.25, 0.3) is 0 Å². The van der Waals surface area contributed by atoms with E-state index in [-0.39, 0.29) is 24.9 Å². The highest BCUT2D eigenvalue weighted by Gasteiger charge is 2.23. The summed E-state index contributed by atoms with van der Waals surface area (Å²) in [5.74, 6) is 0.191. The second kappa shape index (κ2) is 10.2. The highest BCUT2D eigenvalue weighted by atomic mass is 35.5. The van der Waals surface area contributed by atoms with Crippen molar-refractivity contribution in [1.29, 1.82) is 0 Å². The van der Waals surface area contributed by atoms with E-state index in [1.165, 1.54) is 11.1 Å². The summed E-state index contributed by atoms with van der Waals surface area (Å²) in [6, 6.07) is 18.8. The van der Waals surface area contributed by atoms with Crippen LogP contribution in [0.1, 0.15) is 30.4 Å². The summed E-state index contributed by atoms with van der Waals surface area (Å²) in [5, 5.41) is 8.71. The van der Waals surface area contributed by atoms with Crippen LogP contribution in [0.3, 0.4) is 0 Å². The van der Waals surface area contributed by atoms with Gasteiger partial charge in [-0.05, 0) is 49.1 Å². The maximum atomic E-state index is 10.6. The summed E-state index contributed by atoms with van der Waals surface area (Å²) >= 11 is 0. The van der Waals surface area contributed by atoms with Crippen LogP contribution in [0.15, 0.2) is 54.6 Å². The van der Waals surface area contributed by atoms with Gasteiger partial charge < -0.3 is 9.84 Å². The predicted molar refractivity (Wildman–Crippen MR) is 105 cm³/mol. The minimum atomic E-state index is -0.720. The van der Waals surface area contributed by atoms with Gasteiger partial charge in [-0.2, -0.15) is 0 Å². The number of carboxylic acids is 1. The maximum absolute atomic E-state index is 10.6. The van der Waals surface area contributed by atoms with E-state index in [4.69, 9.17) is 9.84 Å². The van der Waals surface area contributed by atoms with Crippen molar-refractivity contribution in [3.8, 4) is 5.75 Å². The lowest BCUT2D eigenvalue weighted by Crippen LogP contribution is -2.26. The number of hydrogen-bond acceptors (Lipinski definition) is 3. The Labute approximate surface area is 161 Å². The molecule has 1 saturated heterocycles. The fraction of sp³-hybridized carbons (Fsp3) is 0.381. The van der Waals surface area contributed by atoms with E-state index >= 15 is 0 Å². The molecule has 1 fully saturated rings. The Balaban J connectivity index is 0.00000243. The molecular formula is C21H26ClNO3. The van der Waals surface area contributed by atoms with Crippen molar-refractivity contribution in [3.63, 3.8) is 0 Å². The minimum Gasteiger partial charge on any atom is -0.489 e. The Bertz CT molecular complexity index is 675. The van der Waals surface area contributed by atoms with Gasteiger partial charge in [0.15, 0.2) is 0 Å². The smallest absolute Gasteiger partial charge is 0.303 e. The van der Waals surface area contributed by atoms with Crippen LogP contribution in [0.4, 0.5) is 0 Å². The first-order valence-corrected chi connectivity index (χ1v) is 8.93. The standard InChI is InChI=1S/C21H25NO3.ClH/c23-21(24)7-4-13-22-14-12-20(16-22)25-19-10-8-18(9-11-19)15-17-5-2-1-3-6-17;/h1-3,5-6,8-11,20H,4,7,12-16H2,(H,23,24);1H/t20-;/m1./s1. The van der Waals surface area contributed by atoms with Gasteiger partial charge in [0.1, 0.15) is 11.9 Å². The fourth-order valence-electron chi connectivity index (χ4n) is 3.26. The molecule has 1 N–H and O–H groups in total. The topological polar surface area (TPSA) is 49.8 Å². The molecule has 1 aliphatic rings. The van der Waals surface area contributed by atoms with Crippen molar-refractivity contribution < 1.29 is 14.6 Å². The Kier molecular flexibility index (Phi) is 7.95. The number of carboxylic acid groups (broad SMARTS) is 1. The van der Waals surface area contributed by atoms with Crippen LogP contribution in [0.5, 0.6) is 5.75 Å². The molecule has 0 unspecified atom stereocenters. The lowest BCUT2D eigenvalue weighted by Gasteiger charge is -2.16. The number of hydrogen-bond donors (Lipinski definition) is 1. The zero-order chi connectivity index (χ0) is 17.5. The number of halogens is 1. The Hall–Kier alpha value is -2.04. The number of likely N-dealkylation sites (tertiary alicyclic amines) is 1. The molecule has 0 saturated carbocycles. The largest absolute Gasteiger partial charge is 0.489 e. The van der Waals surface area contributed by atoms with Crippen molar-refractivity contribution in [1.82, 2.24) is 4.90 Å². The quantitative estimate of drug-likeness (QED) is 0.757. The molecule has 0 amide bonds. The molecule has 2 aromatic carbocycles. The molecular weight excluding hydrogens is 350 g/mol. The summed E-state index contributed by atoms with van der Waals surface area (Å²) < 4.78 is 6.08. The Morgan fingerprint density at radius 3 is 2.46 bits per heavy atom. The van der Waals surface area contributed by atoms with Crippen molar-refractivity contribution in [2.45, 2.75) is 31.8 Å². The zero-order valence-corrected chi connectivity index (χ0v) is 15.7. The van der Waals surface area contributed by atoms with Gasteiger partial charge in [-0.3, -0.25) is 9.69 Å². The van der Waals surface area contributed by atoms with E-state index in [9.17, 15) is 4.79 Å². The summed E-state index contributed by atoms with van der Waals surface area (Å²) in [4.78, 5) is 12.9. The molecule has 26 heavy (non-hydrogen) atoms. The highest BCUT2D eigenvalue weighted by Crippen LogP contribution is 2.20. The normalized spacial score (nSPS) is 16.8. The summed E-state index contributed by atoms with van der Waals surface area (Å²) in [6.45, 7) is 2.70. The number of carbonyl (C=O) groups is 1. The molecule has 2 aromatic rings. The monoisotopic (exact) mass is 375 g/mol. The summed E-state index contributed by atoms with van der Waals surface area (Å²) in [6.07, 6.45) is 3.08. The van der Waals surface area contributed by atoms with Gasteiger partial charge in [0.2, 0.25) is 0 Å². The zero-order valence-electron chi connectivity index (χ0n) is 14.8. The third kappa shape index (κ3) is 6.36. The molecule has 3 rings (SSSR count). The Morgan fingerprint density at radius 1 is 1.08 bits per heavy atom. The lowest BCUT2D eigenvalue weighted by molar-refractivity contribution is -0.137. The van der Waals surface area contributed by atoms with E-state index in [1.54, 1.807) is 0 Å². The van der Waals surface area contributed by atoms with E-state index in [0.717, 1.165) is 38.2 Å². The van der Waals surface area contributed by atoms with Crippen molar-refractivity contribution in [2.75, 3.05) is 19.6 Å². The van der Waals surface area contributed by atoms with Crippen LogP contribution in [0.2, 0.25) is 0 Å². The van der Waals surface area contributed by atoms with Crippen molar-refractivity contribution >= 4 is 18.4 Å². The minimum absolute atomic E-state index is 0. The number of aliphatic carboxylic acids is 1.